The minimum Gasteiger partial charge on any atom is -0.393 e. The van der Waals surface area contributed by atoms with Gasteiger partial charge in [-0.25, -0.2) is 4.39 Å². The zero-order valence-corrected chi connectivity index (χ0v) is 19.7. The number of hydrogen-bond donors (Lipinski definition) is 1. The Balaban J connectivity index is 1.50. The average molecular weight is 463 g/mol. The molecule has 2 aromatic heterocycles. The van der Waals surface area contributed by atoms with Crippen LogP contribution in [0.5, 0.6) is 0 Å². The molecule has 0 amide bonds. The lowest BCUT2D eigenvalue weighted by molar-refractivity contribution is 0.0243. The summed E-state index contributed by atoms with van der Waals surface area (Å²) in [6, 6.07) is 3.52. The van der Waals surface area contributed by atoms with E-state index in [0.29, 0.717) is 49.8 Å². The van der Waals surface area contributed by atoms with Gasteiger partial charge in [0.2, 0.25) is 0 Å². The van der Waals surface area contributed by atoms with Gasteiger partial charge in [-0.1, -0.05) is 32.4 Å². The second-order valence-corrected chi connectivity index (χ2v) is 9.57. The first kappa shape index (κ1) is 23.2. The fourth-order valence-electron chi connectivity index (χ4n) is 4.58. The molecule has 1 N–H and O–H groups in total. The summed E-state index contributed by atoms with van der Waals surface area (Å²) in [4.78, 5) is 13.4. The van der Waals surface area contributed by atoms with Crippen molar-refractivity contribution in [2.24, 2.45) is 0 Å². The Hall–Kier alpha value is -1.96. The third kappa shape index (κ3) is 5.00. The van der Waals surface area contributed by atoms with Crippen LogP contribution in [0.3, 0.4) is 0 Å². The zero-order valence-electron chi connectivity index (χ0n) is 19.0. The number of ether oxygens (including phenoxy) is 1. The van der Waals surface area contributed by atoms with Gasteiger partial charge < -0.3 is 19.6 Å². The molecule has 2 saturated heterocycles. The van der Waals surface area contributed by atoms with Crippen molar-refractivity contribution in [3.63, 3.8) is 0 Å². The maximum Gasteiger partial charge on any atom is 0.147 e. The molecule has 32 heavy (non-hydrogen) atoms. The third-order valence-electron chi connectivity index (χ3n) is 6.52. The Morgan fingerprint density at radius 1 is 1.06 bits per heavy atom. The van der Waals surface area contributed by atoms with Gasteiger partial charge in [0.15, 0.2) is 0 Å². The van der Waals surface area contributed by atoms with Gasteiger partial charge in [-0.2, -0.15) is 0 Å². The van der Waals surface area contributed by atoms with Crippen LogP contribution in [0.2, 0.25) is 5.02 Å². The first-order valence-corrected chi connectivity index (χ1v) is 11.8. The van der Waals surface area contributed by atoms with Crippen molar-refractivity contribution < 1.29 is 14.2 Å². The maximum absolute atomic E-state index is 15.1. The molecule has 2 aliphatic rings. The minimum absolute atomic E-state index is 0.194. The van der Waals surface area contributed by atoms with Crippen molar-refractivity contribution in [1.82, 2.24) is 9.97 Å². The van der Waals surface area contributed by atoms with Crippen LogP contribution in [0.1, 0.15) is 56.8 Å². The lowest BCUT2D eigenvalue weighted by Crippen LogP contribution is -2.45. The molecule has 0 radical (unpaired) electrons. The largest absolute Gasteiger partial charge is 0.393 e. The molecule has 6 nitrogen and oxygen atoms in total. The van der Waals surface area contributed by atoms with Gasteiger partial charge in [0.05, 0.1) is 52.8 Å². The number of morpholine rings is 1. The van der Waals surface area contributed by atoms with Crippen LogP contribution >= 0.6 is 11.6 Å². The number of hydrogen-bond acceptors (Lipinski definition) is 6. The molecule has 0 aliphatic carbocycles. The average Bonchev–Trinajstić information content (AvgIpc) is 2.79. The van der Waals surface area contributed by atoms with Gasteiger partial charge in [-0.3, -0.25) is 9.97 Å². The van der Waals surface area contributed by atoms with E-state index in [1.165, 1.54) is 0 Å². The van der Waals surface area contributed by atoms with Gasteiger partial charge in [0.1, 0.15) is 5.82 Å². The molecule has 0 saturated carbocycles. The summed E-state index contributed by atoms with van der Waals surface area (Å²) >= 11 is 6.25. The van der Waals surface area contributed by atoms with Crippen molar-refractivity contribution in [2.45, 2.75) is 57.7 Å². The van der Waals surface area contributed by atoms with Crippen LogP contribution < -0.4 is 9.80 Å². The number of pyridine rings is 2. The Morgan fingerprint density at radius 2 is 1.78 bits per heavy atom. The fourth-order valence-corrected chi connectivity index (χ4v) is 4.73. The van der Waals surface area contributed by atoms with Gasteiger partial charge in [-0.05, 0) is 24.8 Å². The van der Waals surface area contributed by atoms with E-state index in [-0.39, 0.29) is 29.9 Å². The SMILES string of the molecule is CC(C)c1ncc(Cl)cc1N1CCOC([C@@H](C)c2ncc(N3CCC(O)CC3)cc2F)C1. The molecule has 174 valence electrons. The van der Waals surface area contributed by atoms with E-state index in [1.807, 2.05) is 13.0 Å². The lowest BCUT2D eigenvalue weighted by atomic mass is 9.97. The molecule has 2 aromatic rings. The van der Waals surface area contributed by atoms with Crippen LogP contribution in [-0.2, 0) is 4.74 Å². The van der Waals surface area contributed by atoms with E-state index in [4.69, 9.17) is 16.3 Å². The van der Waals surface area contributed by atoms with Crippen molar-refractivity contribution in [3.05, 3.63) is 46.8 Å². The Labute approximate surface area is 194 Å². The fraction of sp³-hybridized carbons (Fsp3) is 0.583. The zero-order chi connectivity index (χ0) is 22.8. The number of anilines is 2. The summed E-state index contributed by atoms with van der Waals surface area (Å²) in [6.07, 6.45) is 4.36. The summed E-state index contributed by atoms with van der Waals surface area (Å²) in [6.45, 7) is 9.53. The molecule has 2 aliphatic heterocycles. The predicted molar refractivity (Wildman–Crippen MR) is 125 cm³/mol. The monoisotopic (exact) mass is 462 g/mol. The summed E-state index contributed by atoms with van der Waals surface area (Å²) in [5.74, 6) is -0.248. The first-order valence-electron chi connectivity index (χ1n) is 11.4. The summed E-state index contributed by atoms with van der Waals surface area (Å²) in [5, 5.41) is 10.3. The van der Waals surface area contributed by atoms with Crippen LogP contribution in [0.4, 0.5) is 15.8 Å². The summed E-state index contributed by atoms with van der Waals surface area (Å²) in [7, 11) is 0. The number of aliphatic hydroxyl groups excluding tert-OH is 1. The topological polar surface area (TPSA) is 61.7 Å². The molecule has 0 spiro atoms. The second-order valence-electron chi connectivity index (χ2n) is 9.14. The van der Waals surface area contributed by atoms with Crippen molar-refractivity contribution in [2.75, 3.05) is 42.6 Å². The molecular weight excluding hydrogens is 431 g/mol. The van der Waals surface area contributed by atoms with Crippen LogP contribution in [-0.4, -0.2) is 60.1 Å². The van der Waals surface area contributed by atoms with Gasteiger partial charge in [-0.15, -0.1) is 0 Å². The number of aromatic nitrogens is 2. The lowest BCUT2D eigenvalue weighted by Gasteiger charge is -2.38. The van der Waals surface area contributed by atoms with E-state index in [2.05, 4.69) is 33.6 Å². The van der Waals surface area contributed by atoms with E-state index >= 15 is 4.39 Å². The molecule has 8 heteroatoms. The number of halogens is 2. The van der Waals surface area contributed by atoms with Crippen LogP contribution in [0.15, 0.2) is 24.5 Å². The predicted octanol–water partition coefficient (Wildman–Crippen LogP) is 4.36. The highest BCUT2D eigenvalue weighted by atomic mass is 35.5. The highest BCUT2D eigenvalue weighted by Gasteiger charge is 2.31. The molecule has 2 atom stereocenters. The van der Waals surface area contributed by atoms with Crippen LogP contribution in [0.25, 0.3) is 0 Å². The standard InChI is InChI=1S/C24H32ClFN4O2/c1-15(2)23-21(10-17(25)12-27-23)30-8-9-32-22(14-30)16(3)24-20(26)11-18(13-28-24)29-6-4-19(31)5-7-29/h10-13,15-16,19,22,31H,4-9,14H2,1-3H3/t16-,22?/m1/s1. The van der Waals surface area contributed by atoms with Crippen molar-refractivity contribution in [3.8, 4) is 0 Å². The minimum atomic E-state index is -0.311. The van der Waals surface area contributed by atoms with Crippen LogP contribution in [0, 0.1) is 5.82 Å². The maximum atomic E-state index is 15.1. The first-order chi connectivity index (χ1) is 15.3. The number of rotatable bonds is 5. The molecule has 0 aromatic carbocycles. The second kappa shape index (κ2) is 9.89. The van der Waals surface area contributed by atoms with Gasteiger partial charge in [0.25, 0.3) is 0 Å². The number of piperidine rings is 1. The Kier molecular flexibility index (Phi) is 7.17. The van der Waals surface area contributed by atoms with E-state index < -0.39 is 0 Å². The Morgan fingerprint density at radius 3 is 2.47 bits per heavy atom. The molecule has 4 rings (SSSR count). The van der Waals surface area contributed by atoms with Crippen molar-refractivity contribution >= 4 is 23.0 Å². The molecule has 4 heterocycles. The molecule has 2 fully saturated rings. The highest BCUT2D eigenvalue weighted by molar-refractivity contribution is 6.30. The van der Waals surface area contributed by atoms with Gasteiger partial charge >= 0.3 is 0 Å². The summed E-state index contributed by atoms with van der Waals surface area (Å²) in [5.41, 5.74) is 3.21. The Bertz CT molecular complexity index is 936. The molecule has 0 bridgehead atoms. The number of nitrogens with zero attached hydrogens (tertiary/aromatic N) is 4. The van der Waals surface area contributed by atoms with E-state index in [9.17, 15) is 5.11 Å². The normalized spacial score (nSPS) is 21.3. The molecular formula is C24H32ClFN4O2. The molecule has 1 unspecified atom stereocenters. The quantitative estimate of drug-likeness (QED) is 0.712. The number of aliphatic hydroxyl groups is 1. The van der Waals surface area contributed by atoms with Gasteiger partial charge in [0, 0.05) is 44.4 Å². The summed E-state index contributed by atoms with van der Waals surface area (Å²) < 4.78 is 21.1. The van der Waals surface area contributed by atoms with E-state index in [1.54, 1.807) is 18.5 Å². The highest BCUT2D eigenvalue weighted by Crippen LogP contribution is 2.33. The van der Waals surface area contributed by atoms with E-state index in [0.717, 1.165) is 23.6 Å². The smallest absolute Gasteiger partial charge is 0.147 e. The third-order valence-corrected chi connectivity index (χ3v) is 6.73. The van der Waals surface area contributed by atoms with Crippen molar-refractivity contribution in [1.29, 1.82) is 0 Å².